The number of para-hydroxylation sites is 1. The second kappa shape index (κ2) is 4.41. The predicted molar refractivity (Wildman–Crippen MR) is 76.1 cm³/mol. The number of benzene rings is 1. The van der Waals surface area contributed by atoms with E-state index in [1.165, 1.54) is 9.93 Å². The van der Waals surface area contributed by atoms with E-state index in [2.05, 4.69) is 47.7 Å². The summed E-state index contributed by atoms with van der Waals surface area (Å²) in [6.45, 7) is 6.21. The molecule has 0 aliphatic heterocycles. The zero-order chi connectivity index (χ0) is 12.5. The molecule has 0 unspecified atom stereocenters. The number of nitrogens with zero attached hydrogens (tertiary/aromatic N) is 2. The van der Waals surface area contributed by atoms with Crippen molar-refractivity contribution in [3.63, 3.8) is 0 Å². The van der Waals surface area contributed by atoms with Gasteiger partial charge in [-0.1, -0.05) is 24.8 Å². The van der Waals surface area contributed by atoms with E-state index in [1.54, 1.807) is 0 Å². The van der Waals surface area contributed by atoms with E-state index in [0.29, 0.717) is 0 Å². The molecule has 17 heavy (non-hydrogen) atoms. The first kappa shape index (κ1) is 12.0. The fraction of sp³-hybridized carbons (Fsp3) is 0.214. The quantitative estimate of drug-likeness (QED) is 0.805. The van der Waals surface area contributed by atoms with Crippen molar-refractivity contribution < 1.29 is 0 Å². The predicted octanol–water partition coefficient (Wildman–Crippen LogP) is 3.83. The van der Waals surface area contributed by atoms with E-state index in [4.69, 9.17) is 0 Å². The third-order valence-corrected chi connectivity index (χ3v) is 6.12. The minimum Gasteiger partial charge on any atom is -0.295 e. The van der Waals surface area contributed by atoms with Gasteiger partial charge < -0.3 is 0 Å². The third-order valence-electron chi connectivity index (χ3n) is 3.03. The van der Waals surface area contributed by atoms with E-state index in [-0.39, 0.29) is 0 Å². The lowest BCUT2D eigenvalue weighted by molar-refractivity contribution is 0.945. The van der Waals surface area contributed by atoms with Crippen molar-refractivity contribution in [3.8, 4) is 5.69 Å². The Kier molecular flexibility index (Phi) is 3.11. The van der Waals surface area contributed by atoms with Crippen molar-refractivity contribution >= 4 is 10.0 Å². The summed E-state index contributed by atoms with van der Waals surface area (Å²) < 4.78 is 2.16. The fourth-order valence-corrected chi connectivity index (χ4v) is 2.95. The zero-order valence-corrected chi connectivity index (χ0v) is 11.4. The Balaban J connectivity index is 2.53. The molecule has 0 atom stereocenters. The van der Waals surface area contributed by atoms with Crippen LogP contribution in [0.4, 0.5) is 0 Å². The van der Waals surface area contributed by atoms with Gasteiger partial charge in [0.15, 0.2) is 0 Å². The van der Waals surface area contributed by atoms with Crippen molar-refractivity contribution in [1.29, 1.82) is 0 Å². The molecule has 3 heteroatoms. The smallest absolute Gasteiger partial charge is 0.100 e. The van der Waals surface area contributed by atoms with Crippen molar-refractivity contribution in [2.75, 3.05) is 12.5 Å². The molecule has 1 aromatic heterocycles. The topological polar surface area (TPSA) is 17.8 Å². The standard InChI is InChI=1S/C14H18N2S/c1-12(2)17(3,4)14-10-15-11-16(14)13-8-6-5-7-9-13/h5-11H,1H2,2-4H3. The summed E-state index contributed by atoms with van der Waals surface area (Å²) in [5, 5.41) is 1.25. The lowest BCUT2D eigenvalue weighted by atomic mass is 10.3. The van der Waals surface area contributed by atoms with Crippen molar-refractivity contribution in [2.45, 2.75) is 11.9 Å². The highest BCUT2D eigenvalue weighted by molar-refractivity contribution is 8.35. The highest BCUT2D eigenvalue weighted by Gasteiger charge is 2.20. The molecule has 0 saturated heterocycles. The number of hydrogen-bond donors (Lipinski definition) is 0. The first-order valence-corrected chi connectivity index (χ1v) is 7.95. The summed E-state index contributed by atoms with van der Waals surface area (Å²) in [7, 11) is -1.01. The molecule has 0 spiro atoms. The molecular formula is C14H18N2S. The zero-order valence-electron chi connectivity index (χ0n) is 10.6. The molecule has 0 amide bonds. The van der Waals surface area contributed by atoms with Gasteiger partial charge in [-0.05, 0) is 36.5 Å². The van der Waals surface area contributed by atoms with Crippen LogP contribution in [-0.2, 0) is 0 Å². The van der Waals surface area contributed by atoms with E-state index in [0.717, 1.165) is 5.69 Å². The van der Waals surface area contributed by atoms with Crippen LogP contribution in [0, 0.1) is 0 Å². The summed E-state index contributed by atoms with van der Waals surface area (Å²) >= 11 is 0. The Morgan fingerprint density at radius 2 is 1.88 bits per heavy atom. The number of hydrogen-bond acceptors (Lipinski definition) is 1. The van der Waals surface area contributed by atoms with Crippen LogP contribution in [0.3, 0.4) is 0 Å². The van der Waals surface area contributed by atoms with Gasteiger partial charge in [-0.15, -0.1) is 0 Å². The minimum atomic E-state index is -1.01. The average molecular weight is 246 g/mol. The van der Waals surface area contributed by atoms with Crippen LogP contribution < -0.4 is 0 Å². The van der Waals surface area contributed by atoms with E-state index >= 15 is 0 Å². The second-order valence-electron chi connectivity index (χ2n) is 4.47. The number of rotatable bonds is 3. The SMILES string of the molecule is C=C(C)S(C)(C)c1cncn1-c1ccccc1. The van der Waals surface area contributed by atoms with Crippen LogP contribution in [0.1, 0.15) is 6.92 Å². The van der Waals surface area contributed by atoms with Crippen LogP contribution in [0.2, 0.25) is 0 Å². The van der Waals surface area contributed by atoms with E-state index in [1.807, 2.05) is 30.7 Å². The normalized spacial score (nSPS) is 12.4. The van der Waals surface area contributed by atoms with Crippen molar-refractivity contribution in [3.05, 3.63) is 54.3 Å². The number of allylic oxidation sites excluding steroid dienone is 1. The summed E-state index contributed by atoms with van der Waals surface area (Å²) in [6.07, 6.45) is 8.34. The molecule has 1 heterocycles. The summed E-state index contributed by atoms with van der Waals surface area (Å²) in [6, 6.07) is 10.3. The first-order chi connectivity index (χ1) is 8.03. The van der Waals surface area contributed by atoms with Crippen molar-refractivity contribution in [2.24, 2.45) is 0 Å². The summed E-state index contributed by atoms with van der Waals surface area (Å²) in [5.41, 5.74) is 1.15. The third kappa shape index (κ3) is 2.15. The molecule has 0 aliphatic rings. The molecule has 2 aromatic rings. The maximum atomic E-state index is 4.29. The summed E-state index contributed by atoms with van der Waals surface area (Å²) in [4.78, 5) is 5.51. The number of imidazole rings is 1. The Hall–Kier alpha value is -1.48. The molecule has 2 nitrogen and oxygen atoms in total. The number of aromatic nitrogens is 2. The van der Waals surface area contributed by atoms with Crippen LogP contribution >= 0.6 is 10.0 Å². The molecule has 2 rings (SSSR count). The lowest BCUT2D eigenvalue weighted by Crippen LogP contribution is -2.04. The van der Waals surface area contributed by atoms with E-state index < -0.39 is 10.0 Å². The van der Waals surface area contributed by atoms with Crippen LogP contribution in [0.5, 0.6) is 0 Å². The highest BCUT2D eigenvalue weighted by atomic mass is 32.3. The molecule has 0 saturated carbocycles. The van der Waals surface area contributed by atoms with Crippen LogP contribution in [0.15, 0.2) is 59.4 Å². The van der Waals surface area contributed by atoms with Gasteiger partial charge in [0.1, 0.15) is 6.33 Å². The largest absolute Gasteiger partial charge is 0.295 e. The maximum Gasteiger partial charge on any atom is 0.100 e. The Bertz CT molecular complexity index is 526. The molecule has 0 radical (unpaired) electrons. The second-order valence-corrected chi connectivity index (χ2v) is 8.24. The molecular weight excluding hydrogens is 228 g/mol. The highest BCUT2D eigenvalue weighted by Crippen LogP contribution is 2.55. The monoisotopic (exact) mass is 246 g/mol. The minimum absolute atomic E-state index is 1.01. The van der Waals surface area contributed by atoms with Gasteiger partial charge in [0.25, 0.3) is 0 Å². The molecule has 0 N–H and O–H groups in total. The van der Waals surface area contributed by atoms with Gasteiger partial charge in [-0.25, -0.2) is 4.98 Å². The molecule has 1 aromatic carbocycles. The molecule has 0 fully saturated rings. The van der Waals surface area contributed by atoms with Crippen LogP contribution in [-0.4, -0.2) is 22.1 Å². The lowest BCUT2D eigenvalue weighted by Gasteiger charge is -2.32. The average Bonchev–Trinajstić information content (AvgIpc) is 2.79. The van der Waals surface area contributed by atoms with Crippen molar-refractivity contribution in [1.82, 2.24) is 9.55 Å². The first-order valence-electron chi connectivity index (χ1n) is 5.50. The Morgan fingerprint density at radius 3 is 2.47 bits per heavy atom. The van der Waals surface area contributed by atoms with Crippen LogP contribution in [0.25, 0.3) is 5.69 Å². The Labute approximate surface area is 104 Å². The molecule has 90 valence electrons. The van der Waals surface area contributed by atoms with E-state index in [9.17, 15) is 0 Å². The van der Waals surface area contributed by atoms with Gasteiger partial charge in [0.2, 0.25) is 0 Å². The van der Waals surface area contributed by atoms with Gasteiger partial charge in [0.05, 0.1) is 11.2 Å². The van der Waals surface area contributed by atoms with Gasteiger partial charge in [-0.3, -0.25) is 4.57 Å². The molecule has 0 aliphatic carbocycles. The Morgan fingerprint density at radius 1 is 1.24 bits per heavy atom. The van der Waals surface area contributed by atoms with Gasteiger partial charge in [0, 0.05) is 5.69 Å². The fourth-order valence-electron chi connectivity index (χ4n) is 1.62. The molecule has 0 bridgehead atoms. The maximum absolute atomic E-state index is 4.29. The van der Waals surface area contributed by atoms with Gasteiger partial charge in [-0.2, -0.15) is 10.0 Å². The van der Waals surface area contributed by atoms with Gasteiger partial charge >= 0.3 is 0 Å². The summed E-state index contributed by atoms with van der Waals surface area (Å²) in [5.74, 6) is 0.